The van der Waals surface area contributed by atoms with Crippen molar-refractivity contribution in [2.24, 2.45) is 10.4 Å². The highest BCUT2D eigenvalue weighted by Crippen LogP contribution is 2.43. The Hall–Kier alpha value is -0.900. The summed E-state index contributed by atoms with van der Waals surface area (Å²) < 4.78 is 5.30. The Morgan fingerprint density at radius 1 is 1.03 bits per heavy atom. The number of unbranched alkanes of at least 4 members (excludes halogenated alkanes) is 1. The molecule has 0 amide bonds. The quantitative estimate of drug-likeness (QED) is 0.178. The average Bonchev–Trinajstić information content (AvgIpc) is 2.78. The van der Waals surface area contributed by atoms with E-state index in [-0.39, 0.29) is 24.0 Å². The van der Waals surface area contributed by atoms with Crippen molar-refractivity contribution in [3.05, 3.63) is 35.9 Å². The lowest BCUT2D eigenvalue weighted by atomic mass is 9.67. The molecule has 0 bridgehead atoms. The monoisotopic (exact) mass is 557 g/mol. The standard InChI is InChI=1S/C25H43N5O.HI/c1-26-24(28-22-25(11-8-12-25)13-20-31-2)27-14-6-7-15-29-16-18-30(19-17-29)21-23-9-4-3-5-10-23;/h3-5,9-10H,6-8,11-22H2,1-2H3,(H2,26,27,28);1H. The fourth-order valence-corrected chi connectivity index (χ4v) is 4.68. The molecule has 2 aliphatic rings. The van der Waals surface area contributed by atoms with Crippen molar-refractivity contribution in [3.63, 3.8) is 0 Å². The van der Waals surface area contributed by atoms with Crippen LogP contribution in [0, 0.1) is 5.41 Å². The number of guanidine groups is 1. The van der Waals surface area contributed by atoms with Gasteiger partial charge in [-0.2, -0.15) is 0 Å². The van der Waals surface area contributed by atoms with Gasteiger partial charge in [0.25, 0.3) is 0 Å². The lowest BCUT2D eigenvalue weighted by molar-refractivity contribution is 0.0732. The Labute approximate surface area is 212 Å². The molecule has 182 valence electrons. The number of piperazine rings is 1. The molecule has 1 saturated heterocycles. The molecular weight excluding hydrogens is 513 g/mol. The van der Waals surface area contributed by atoms with Gasteiger partial charge in [-0.25, -0.2) is 0 Å². The Bertz CT molecular complexity index is 645. The summed E-state index contributed by atoms with van der Waals surface area (Å²) in [5, 5.41) is 7.05. The van der Waals surface area contributed by atoms with Gasteiger partial charge in [0.1, 0.15) is 0 Å². The van der Waals surface area contributed by atoms with Gasteiger partial charge in [-0.3, -0.25) is 9.89 Å². The summed E-state index contributed by atoms with van der Waals surface area (Å²) in [6, 6.07) is 10.8. The zero-order valence-corrected chi connectivity index (χ0v) is 22.5. The van der Waals surface area contributed by atoms with Crippen LogP contribution in [0.25, 0.3) is 0 Å². The second-order valence-corrected chi connectivity index (χ2v) is 9.26. The smallest absolute Gasteiger partial charge is 0.190 e. The predicted molar refractivity (Wildman–Crippen MR) is 145 cm³/mol. The molecule has 7 heteroatoms. The second-order valence-electron chi connectivity index (χ2n) is 9.26. The van der Waals surface area contributed by atoms with E-state index in [1.807, 2.05) is 7.05 Å². The first kappa shape index (κ1) is 27.3. The van der Waals surface area contributed by atoms with E-state index in [4.69, 9.17) is 4.74 Å². The molecule has 1 heterocycles. The fraction of sp³-hybridized carbons (Fsp3) is 0.720. The number of methoxy groups -OCH3 is 1. The Morgan fingerprint density at radius 3 is 2.38 bits per heavy atom. The van der Waals surface area contributed by atoms with Gasteiger partial charge in [0.2, 0.25) is 0 Å². The van der Waals surface area contributed by atoms with E-state index in [2.05, 4.69) is 55.8 Å². The minimum absolute atomic E-state index is 0. The van der Waals surface area contributed by atoms with Crippen LogP contribution in [0.15, 0.2) is 35.3 Å². The zero-order valence-electron chi connectivity index (χ0n) is 20.2. The second kappa shape index (κ2) is 15.1. The van der Waals surface area contributed by atoms with E-state index >= 15 is 0 Å². The first-order valence-corrected chi connectivity index (χ1v) is 12.2. The highest BCUT2D eigenvalue weighted by Gasteiger charge is 2.36. The van der Waals surface area contributed by atoms with Gasteiger partial charge in [0.05, 0.1) is 0 Å². The largest absolute Gasteiger partial charge is 0.385 e. The first-order chi connectivity index (χ1) is 15.2. The summed E-state index contributed by atoms with van der Waals surface area (Å²) in [6.07, 6.45) is 7.52. The number of ether oxygens (including phenoxy) is 1. The molecule has 2 N–H and O–H groups in total. The third-order valence-corrected chi connectivity index (χ3v) is 7.01. The lowest BCUT2D eigenvalue weighted by Crippen LogP contribution is -2.47. The van der Waals surface area contributed by atoms with Crippen LogP contribution in [0.4, 0.5) is 0 Å². The van der Waals surface area contributed by atoms with Crippen LogP contribution in [0.5, 0.6) is 0 Å². The van der Waals surface area contributed by atoms with Gasteiger partial charge in [-0.15, -0.1) is 24.0 Å². The van der Waals surface area contributed by atoms with E-state index < -0.39 is 0 Å². The highest BCUT2D eigenvalue weighted by molar-refractivity contribution is 14.0. The van der Waals surface area contributed by atoms with Gasteiger partial charge in [0.15, 0.2) is 5.96 Å². The molecule has 0 radical (unpaired) electrons. The van der Waals surface area contributed by atoms with E-state index in [0.717, 1.165) is 38.6 Å². The number of hydrogen-bond donors (Lipinski definition) is 2. The maximum absolute atomic E-state index is 5.30. The van der Waals surface area contributed by atoms with Gasteiger partial charge in [0, 0.05) is 66.6 Å². The highest BCUT2D eigenvalue weighted by atomic mass is 127. The van der Waals surface area contributed by atoms with Crippen LogP contribution < -0.4 is 10.6 Å². The predicted octanol–water partition coefficient (Wildman–Crippen LogP) is 3.57. The maximum atomic E-state index is 5.30. The Balaban J connectivity index is 0.00000363. The average molecular weight is 558 g/mol. The molecule has 0 atom stereocenters. The molecule has 0 aromatic heterocycles. The number of nitrogens with zero attached hydrogens (tertiary/aromatic N) is 3. The third-order valence-electron chi connectivity index (χ3n) is 7.01. The maximum Gasteiger partial charge on any atom is 0.190 e. The lowest BCUT2D eigenvalue weighted by Gasteiger charge is -2.42. The summed E-state index contributed by atoms with van der Waals surface area (Å²) in [6.45, 7) is 9.85. The molecule has 1 saturated carbocycles. The van der Waals surface area contributed by atoms with E-state index in [0.29, 0.717) is 5.41 Å². The van der Waals surface area contributed by atoms with Crippen LogP contribution in [0.2, 0.25) is 0 Å². The molecule has 32 heavy (non-hydrogen) atoms. The molecule has 3 rings (SSSR count). The number of halogens is 1. The van der Waals surface area contributed by atoms with Crippen molar-refractivity contribution < 1.29 is 4.74 Å². The number of rotatable bonds is 12. The molecule has 0 spiro atoms. The summed E-state index contributed by atoms with van der Waals surface area (Å²) in [5.41, 5.74) is 1.84. The fourth-order valence-electron chi connectivity index (χ4n) is 4.68. The topological polar surface area (TPSA) is 52.1 Å². The minimum Gasteiger partial charge on any atom is -0.385 e. The third kappa shape index (κ3) is 9.15. The van der Waals surface area contributed by atoms with Crippen molar-refractivity contribution in [3.8, 4) is 0 Å². The van der Waals surface area contributed by atoms with Gasteiger partial charge < -0.3 is 20.3 Å². The number of aliphatic imine (C=N–C) groups is 1. The summed E-state index contributed by atoms with van der Waals surface area (Å²) in [4.78, 5) is 9.60. The molecule has 1 aromatic rings. The van der Waals surface area contributed by atoms with Crippen molar-refractivity contribution in [1.82, 2.24) is 20.4 Å². The normalized spacial score (nSPS) is 19.1. The Kier molecular flexibility index (Phi) is 12.9. The van der Waals surface area contributed by atoms with Gasteiger partial charge >= 0.3 is 0 Å². The van der Waals surface area contributed by atoms with E-state index in [1.165, 1.54) is 70.4 Å². The van der Waals surface area contributed by atoms with Crippen molar-refractivity contribution in [2.75, 3.05) is 66.6 Å². The Morgan fingerprint density at radius 2 is 1.75 bits per heavy atom. The minimum atomic E-state index is 0. The molecule has 6 nitrogen and oxygen atoms in total. The molecule has 2 fully saturated rings. The number of benzene rings is 1. The van der Waals surface area contributed by atoms with Crippen LogP contribution in [0.1, 0.15) is 44.1 Å². The van der Waals surface area contributed by atoms with E-state index in [1.54, 1.807) is 7.11 Å². The summed E-state index contributed by atoms with van der Waals surface area (Å²) >= 11 is 0. The van der Waals surface area contributed by atoms with Crippen molar-refractivity contribution >= 4 is 29.9 Å². The van der Waals surface area contributed by atoms with Crippen molar-refractivity contribution in [1.29, 1.82) is 0 Å². The molecule has 1 aliphatic heterocycles. The molecule has 1 aliphatic carbocycles. The first-order valence-electron chi connectivity index (χ1n) is 12.2. The van der Waals surface area contributed by atoms with Gasteiger partial charge in [-0.05, 0) is 49.6 Å². The molecular formula is C25H44IN5O. The number of hydrogen-bond acceptors (Lipinski definition) is 4. The zero-order chi connectivity index (χ0) is 21.8. The van der Waals surface area contributed by atoms with Gasteiger partial charge in [-0.1, -0.05) is 36.8 Å². The van der Waals surface area contributed by atoms with Crippen molar-refractivity contribution in [2.45, 2.75) is 45.1 Å². The van der Waals surface area contributed by atoms with Crippen LogP contribution in [0.3, 0.4) is 0 Å². The number of nitrogens with one attached hydrogen (secondary N) is 2. The SMILES string of the molecule is CN=C(NCCCCN1CCN(Cc2ccccc2)CC1)NCC1(CCOC)CCC1.I. The van der Waals surface area contributed by atoms with Crippen LogP contribution in [-0.4, -0.2) is 82.3 Å². The summed E-state index contributed by atoms with van der Waals surface area (Å²) in [5.74, 6) is 0.943. The van der Waals surface area contributed by atoms with Crippen LogP contribution in [-0.2, 0) is 11.3 Å². The summed E-state index contributed by atoms with van der Waals surface area (Å²) in [7, 11) is 3.66. The molecule has 1 aromatic carbocycles. The molecule has 0 unspecified atom stereocenters. The van der Waals surface area contributed by atoms with Crippen LogP contribution >= 0.6 is 24.0 Å². The van der Waals surface area contributed by atoms with E-state index in [9.17, 15) is 0 Å².